The van der Waals surface area contributed by atoms with E-state index in [0.717, 1.165) is 25.7 Å². The maximum absolute atomic E-state index is 12.3. The minimum Gasteiger partial charge on any atom is -0.355 e. The van der Waals surface area contributed by atoms with Crippen LogP contribution in [0.1, 0.15) is 48.5 Å². The molecule has 0 bridgehead atoms. The van der Waals surface area contributed by atoms with Crippen LogP contribution in [0.4, 0.5) is 0 Å². The summed E-state index contributed by atoms with van der Waals surface area (Å²) in [6.45, 7) is 2.14. The number of rotatable bonds is 7. The average molecular weight is 338 g/mol. The third-order valence-corrected chi connectivity index (χ3v) is 5.43. The van der Waals surface area contributed by atoms with Crippen LogP contribution < -0.4 is 5.32 Å². The lowest BCUT2D eigenvalue weighted by atomic mass is 10.1. The topological polar surface area (TPSA) is 83.6 Å². The summed E-state index contributed by atoms with van der Waals surface area (Å²) < 4.78 is 25.1. The second kappa shape index (κ2) is 7.59. The van der Waals surface area contributed by atoms with Crippen molar-refractivity contribution in [2.75, 3.05) is 13.1 Å². The molecule has 0 aromatic heterocycles. The number of fused-ring (bicyclic) bond motifs is 1. The van der Waals surface area contributed by atoms with Crippen LogP contribution in [0.3, 0.4) is 0 Å². The van der Waals surface area contributed by atoms with Crippen molar-refractivity contribution in [1.29, 1.82) is 0 Å². The molecule has 1 aromatic carbocycles. The van der Waals surface area contributed by atoms with Gasteiger partial charge in [0.15, 0.2) is 0 Å². The first kappa shape index (κ1) is 17.5. The smallest absolute Gasteiger partial charge is 0.268 e. The summed E-state index contributed by atoms with van der Waals surface area (Å²) in [6, 6.07) is 6.58. The Morgan fingerprint density at radius 1 is 1.22 bits per heavy atom. The largest absolute Gasteiger partial charge is 0.355 e. The first-order valence-electron chi connectivity index (χ1n) is 7.85. The van der Waals surface area contributed by atoms with Gasteiger partial charge in [0.2, 0.25) is 15.9 Å². The van der Waals surface area contributed by atoms with Crippen molar-refractivity contribution in [3.05, 3.63) is 35.4 Å². The van der Waals surface area contributed by atoms with Crippen LogP contribution in [0.2, 0.25) is 0 Å². The third-order valence-electron chi connectivity index (χ3n) is 3.79. The van der Waals surface area contributed by atoms with Gasteiger partial charge < -0.3 is 5.32 Å². The van der Waals surface area contributed by atoms with E-state index in [2.05, 4.69) is 12.2 Å². The first-order valence-corrected chi connectivity index (χ1v) is 9.46. The highest BCUT2D eigenvalue weighted by Gasteiger charge is 2.36. The summed E-state index contributed by atoms with van der Waals surface area (Å²) in [7, 11) is -3.80. The quantitative estimate of drug-likeness (QED) is 0.767. The highest BCUT2D eigenvalue weighted by molar-refractivity contribution is 7.89. The maximum atomic E-state index is 12.3. The van der Waals surface area contributed by atoms with Gasteiger partial charge in [-0.15, -0.1) is 0 Å². The molecule has 6 nitrogen and oxygen atoms in total. The molecule has 7 heteroatoms. The Kier molecular flexibility index (Phi) is 5.76. The van der Waals surface area contributed by atoms with Crippen molar-refractivity contribution in [3.8, 4) is 0 Å². The molecule has 0 radical (unpaired) electrons. The van der Waals surface area contributed by atoms with Gasteiger partial charge in [0, 0.05) is 12.1 Å². The molecule has 1 N–H and O–H groups in total. The van der Waals surface area contributed by atoms with Crippen LogP contribution in [-0.4, -0.2) is 37.6 Å². The summed E-state index contributed by atoms with van der Waals surface area (Å²) in [6.07, 6.45) is 4.08. The van der Waals surface area contributed by atoms with Crippen molar-refractivity contribution in [2.45, 2.75) is 38.4 Å². The number of nitrogens with zero attached hydrogens (tertiary/aromatic N) is 1. The van der Waals surface area contributed by atoms with Crippen molar-refractivity contribution < 1.29 is 18.0 Å². The van der Waals surface area contributed by atoms with Gasteiger partial charge in [-0.2, -0.15) is 0 Å². The predicted octanol–water partition coefficient (Wildman–Crippen LogP) is 1.67. The number of carbonyl (C=O) groups excluding carboxylic acids is 2. The molecule has 2 rings (SSSR count). The molecule has 2 amide bonds. The molecule has 0 unspecified atom stereocenters. The zero-order chi connectivity index (χ0) is 16.9. The number of hydrogen-bond donors (Lipinski definition) is 1. The molecule has 0 fully saturated rings. The SMILES string of the molecule is CCCCCCNC(=O)CN1C(=O)c2ccccc2CS1(=O)=O. The zero-order valence-corrected chi connectivity index (χ0v) is 14.1. The second-order valence-electron chi connectivity index (χ2n) is 5.64. The van der Waals surface area contributed by atoms with Gasteiger partial charge in [0.1, 0.15) is 6.54 Å². The van der Waals surface area contributed by atoms with Gasteiger partial charge in [0.25, 0.3) is 5.91 Å². The summed E-state index contributed by atoms with van der Waals surface area (Å²) in [5.74, 6) is -1.33. The molecule has 1 heterocycles. The van der Waals surface area contributed by atoms with E-state index in [1.165, 1.54) is 0 Å². The minimum atomic E-state index is -3.80. The second-order valence-corrected chi connectivity index (χ2v) is 7.53. The van der Waals surface area contributed by atoms with Crippen LogP contribution in [0, 0.1) is 0 Å². The molecule has 1 aliphatic rings. The number of hydrogen-bond acceptors (Lipinski definition) is 4. The highest BCUT2D eigenvalue weighted by Crippen LogP contribution is 2.24. The van der Waals surface area contributed by atoms with E-state index < -0.39 is 28.4 Å². The Bertz CT molecular complexity index is 685. The maximum Gasteiger partial charge on any atom is 0.268 e. The fourth-order valence-corrected chi connectivity index (χ4v) is 3.99. The number of benzene rings is 1. The average Bonchev–Trinajstić information content (AvgIpc) is 2.51. The summed E-state index contributed by atoms with van der Waals surface area (Å²) in [5.41, 5.74) is 0.826. The molecule has 23 heavy (non-hydrogen) atoms. The number of sulfonamides is 1. The lowest BCUT2D eigenvalue weighted by molar-refractivity contribution is -0.121. The summed E-state index contributed by atoms with van der Waals surface area (Å²) >= 11 is 0. The van der Waals surface area contributed by atoms with Crippen molar-refractivity contribution >= 4 is 21.8 Å². The monoisotopic (exact) mass is 338 g/mol. The molecule has 0 atom stereocenters. The number of unbranched alkanes of at least 4 members (excludes halogenated alkanes) is 3. The van der Waals surface area contributed by atoms with Crippen LogP contribution >= 0.6 is 0 Å². The normalized spacial score (nSPS) is 16.0. The Hall–Kier alpha value is -1.89. The molecular weight excluding hydrogens is 316 g/mol. The van der Waals surface area contributed by atoms with Crippen molar-refractivity contribution in [1.82, 2.24) is 9.62 Å². The van der Waals surface area contributed by atoms with Crippen LogP contribution in [-0.2, 0) is 20.6 Å². The zero-order valence-electron chi connectivity index (χ0n) is 13.2. The van der Waals surface area contributed by atoms with E-state index in [4.69, 9.17) is 0 Å². The molecule has 126 valence electrons. The van der Waals surface area contributed by atoms with Gasteiger partial charge >= 0.3 is 0 Å². The van der Waals surface area contributed by atoms with Crippen molar-refractivity contribution in [3.63, 3.8) is 0 Å². The van der Waals surface area contributed by atoms with E-state index in [-0.39, 0.29) is 5.75 Å². The lowest BCUT2D eigenvalue weighted by Gasteiger charge is -2.27. The molecular formula is C16H22N2O4S. The number of carbonyl (C=O) groups is 2. The van der Waals surface area contributed by atoms with Gasteiger partial charge in [0.05, 0.1) is 5.75 Å². The Morgan fingerprint density at radius 3 is 2.70 bits per heavy atom. The highest BCUT2D eigenvalue weighted by atomic mass is 32.2. The van der Waals surface area contributed by atoms with Gasteiger partial charge in [-0.3, -0.25) is 9.59 Å². The van der Waals surface area contributed by atoms with E-state index >= 15 is 0 Å². The minimum absolute atomic E-state index is 0.251. The van der Waals surface area contributed by atoms with Crippen LogP contribution in [0.15, 0.2) is 24.3 Å². The third kappa shape index (κ3) is 4.31. The summed E-state index contributed by atoms with van der Waals surface area (Å²) in [5, 5.41) is 2.67. The first-order chi connectivity index (χ1) is 11.0. The van der Waals surface area contributed by atoms with Gasteiger partial charge in [-0.25, -0.2) is 12.7 Å². The van der Waals surface area contributed by atoms with E-state index in [1.807, 2.05) is 0 Å². The molecule has 0 aliphatic carbocycles. The lowest BCUT2D eigenvalue weighted by Crippen LogP contribution is -2.47. The van der Waals surface area contributed by atoms with E-state index in [9.17, 15) is 18.0 Å². The number of nitrogens with one attached hydrogen (secondary N) is 1. The fourth-order valence-electron chi connectivity index (χ4n) is 2.53. The van der Waals surface area contributed by atoms with Crippen molar-refractivity contribution in [2.24, 2.45) is 0 Å². The summed E-state index contributed by atoms with van der Waals surface area (Å²) in [4.78, 5) is 24.3. The van der Waals surface area contributed by atoms with Gasteiger partial charge in [-0.05, 0) is 18.1 Å². The Morgan fingerprint density at radius 2 is 1.96 bits per heavy atom. The Balaban J connectivity index is 1.99. The molecule has 0 saturated heterocycles. The fraction of sp³-hybridized carbons (Fsp3) is 0.500. The molecule has 1 aliphatic heterocycles. The molecule has 0 saturated carbocycles. The van der Waals surface area contributed by atoms with Crippen LogP contribution in [0.5, 0.6) is 0 Å². The van der Waals surface area contributed by atoms with E-state index in [0.29, 0.717) is 22.0 Å². The molecule has 1 aromatic rings. The van der Waals surface area contributed by atoms with Crippen LogP contribution in [0.25, 0.3) is 0 Å². The number of amides is 2. The Labute approximate surface area is 136 Å². The van der Waals surface area contributed by atoms with E-state index in [1.54, 1.807) is 24.3 Å². The standard InChI is InChI=1S/C16H22N2O4S/c1-2-3-4-7-10-17-15(19)11-18-16(20)14-9-6-5-8-13(14)12-23(18,21)22/h5-6,8-9H,2-4,7,10-12H2,1H3,(H,17,19). The predicted molar refractivity (Wildman–Crippen MR) is 87.3 cm³/mol. The van der Waals surface area contributed by atoms with Gasteiger partial charge in [-0.1, -0.05) is 44.4 Å². The molecule has 0 spiro atoms.